The van der Waals surface area contributed by atoms with Crippen molar-refractivity contribution in [2.24, 2.45) is 0 Å². The monoisotopic (exact) mass is 401 g/mol. The fraction of sp³-hybridized carbons (Fsp3) is 0.333. The van der Waals surface area contributed by atoms with E-state index < -0.39 is 0 Å². The second kappa shape index (κ2) is 8.20. The summed E-state index contributed by atoms with van der Waals surface area (Å²) >= 11 is 6.10. The van der Waals surface area contributed by atoms with E-state index in [0.29, 0.717) is 22.9 Å². The molecule has 2 heterocycles. The fourth-order valence-corrected chi connectivity index (χ4v) is 3.60. The van der Waals surface area contributed by atoms with Crippen LogP contribution in [-0.2, 0) is 6.54 Å². The molecular formula is C21H24ClN3O3. The first-order valence-electron chi connectivity index (χ1n) is 8.97. The zero-order valence-corrected chi connectivity index (χ0v) is 17.5. The topological polar surface area (TPSA) is 60.5 Å². The van der Waals surface area contributed by atoms with Crippen LogP contribution in [0.5, 0.6) is 5.75 Å². The first-order valence-corrected chi connectivity index (χ1v) is 9.34. The van der Waals surface area contributed by atoms with Crippen LogP contribution >= 0.6 is 11.6 Å². The molecule has 28 heavy (non-hydrogen) atoms. The Morgan fingerprint density at radius 1 is 1.25 bits per heavy atom. The molecule has 0 saturated heterocycles. The number of likely N-dealkylation sites (N-methyl/N-ethyl adjacent to an activating group) is 1. The van der Waals surface area contributed by atoms with Gasteiger partial charge in [0.15, 0.2) is 11.6 Å². The molecule has 3 rings (SSSR count). The predicted molar refractivity (Wildman–Crippen MR) is 109 cm³/mol. The molecule has 1 aromatic carbocycles. The lowest BCUT2D eigenvalue weighted by Crippen LogP contribution is -2.26. The number of ketones is 1. The number of ether oxygens (including phenoxy) is 1. The first kappa shape index (κ1) is 20.2. The number of rotatable bonds is 7. The van der Waals surface area contributed by atoms with Crippen LogP contribution in [-0.4, -0.2) is 41.1 Å². The lowest BCUT2D eigenvalue weighted by Gasteiger charge is -2.18. The van der Waals surface area contributed by atoms with Gasteiger partial charge in [0.2, 0.25) is 0 Å². The molecule has 148 valence electrons. The number of carbonyl (C=O) groups excluding carboxylic acids is 1. The van der Waals surface area contributed by atoms with Crippen LogP contribution in [0.2, 0.25) is 5.02 Å². The average molecular weight is 402 g/mol. The summed E-state index contributed by atoms with van der Waals surface area (Å²) in [5.41, 5.74) is 3.41. The number of carbonyl (C=O) groups is 1. The van der Waals surface area contributed by atoms with Crippen molar-refractivity contribution in [3.8, 4) is 11.6 Å². The van der Waals surface area contributed by atoms with Gasteiger partial charge >= 0.3 is 0 Å². The van der Waals surface area contributed by atoms with Gasteiger partial charge in [-0.25, -0.2) is 0 Å². The minimum atomic E-state index is 0.0445. The van der Waals surface area contributed by atoms with Gasteiger partial charge in [0.25, 0.3) is 0 Å². The highest BCUT2D eigenvalue weighted by molar-refractivity contribution is 6.30. The number of benzene rings is 1. The molecule has 2 aromatic heterocycles. The standard InChI is InChI=1S/C21H24ClN3O3/c1-13-8-18(15(3)25(13)21-9-14(2)28-23-21)19(26)12-24(4)11-16-10-17(22)6-7-20(16)27-5/h6-10H,11-12H2,1-5H3. The summed E-state index contributed by atoms with van der Waals surface area (Å²) in [5, 5.41) is 4.71. The number of aryl methyl sites for hydroxylation is 2. The minimum Gasteiger partial charge on any atom is -0.496 e. The Labute approximate surface area is 169 Å². The van der Waals surface area contributed by atoms with Gasteiger partial charge in [-0.15, -0.1) is 0 Å². The minimum absolute atomic E-state index is 0.0445. The Morgan fingerprint density at radius 3 is 2.64 bits per heavy atom. The number of hydrogen-bond acceptors (Lipinski definition) is 5. The third-order valence-corrected chi connectivity index (χ3v) is 4.91. The third kappa shape index (κ3) is 4.13. The maximum Gasteiger partial charge on any atom is 0.180 e. The Balaban J connectivity index is 1.77. The summed E-state index contributed by atoms with van der Waals surface area (Å²) in [6.07, 6.45) is 0. The smallest absolute Gasteiger partial charge is 0.180 e. The predicted octanol–water partition coefficient (Wildman–Crippen LogP) is 4.37. The Morgan fingerprint density at radius 2 is 2.00 bits per heavy atom. The molecule has 0 fully saturated rings. The zero-order chi connectivity index (χ0) is 20.4. The molecule has 0 radical (unpaired) electrons. The molecular weight excluding hydrogens is 378 g/mol. The summed E-state index contributed by atoms with van der Waals surface area (Å²) in [5.74, 6) is 2.21. The van der Waals surface area contributed by atoms with Crippen molar-refractivity contribution in [1.82, 2.24) is 14.6 Å². The van der Waals surface area contributed by atoms with E-state index in [1.54, 1.807) is 13.2 Å². The van der Waals surface area contributed by atoms with Crippen LogP contribution in [0.15, 0.2) is 34.9 Å². The van der Waals surface area contributed by atoms with Crippen molar-refractivity contribution >= 4 is 17.4 Å². The highest BCUT2D eigenvalue weighted by atomic mass is 35.5. The lowest BCUT2D eigenvalue weighted by molar-refractivity contribution is 0.0942. The van der Waals surface area contributed by atoms with Crippen LogP contribution in [0.4, 0.5) is 0 Å². The normalized spacial score (nSPS) is 11.2. The summed E-state index contributed by atoms with van der Waals surface area (Å²) < 4.78 is 12.5. The van der Waals surface area contributed by atoms with Crippen molar-refractivity contribution in [2.45, 2.75) is 27.3 Å². The molecule has 6 nitrogen and oxygen atoms in total. The van der Waals surface area contributed by atoms with E-state index in [9.17, 15) is 4.79 Å². The van der Waals surface area contributed by atoms with E-state index in [2.05, 4.69) is 5.16 Å². The quantitative estimate of drug-likeness (QED) is 0.550. The summed E-state index contributed by atoms with van der Waals surface area (Å²) in [4.78, 5) is 14.9. The van der Waals surface area contributed by atoms with Crippen LogP contribution in [0, 0.1) is 20.8 Å². The first-order chi connectivity index (χ1) is 13.3. The van der Waals surface area contributed by atoms with Gasteiger partial charge in [-0.05, 0) is 52.1 Å². The highest BCUT2D eigenvalue weighted by Gasteiger charge is 2.20. The van der Waals surface area contributed by atoms with E-state index >= 15 is 0 Å². The highest BCUT2D eigenvalue weighted by Crippen LogP contribution is 2.25. The van der Waals surface area contributed by atoms with E-state index in [1.165, 1.54) is 0 Å². The molecule has 3 aromatic rings. The van der Waals surface area contributed by atoms with E-state index in [1.807, 2.05) is 61.6 Å². The molecule has 0 spiro atoms. The molecule has 0 aliphatic rings. The summed E-state index contributed by atoms with van der Waals surface area (Å²) in [7, 11) is 3.52. The van der Waals surface area contributed by atoms with Crippen LogP contribution in [0.1, 0.15) is 33.1 Å². The lowest BCUT2D eigenvalue weighted by atomic mass is 10.1. The molecule has 0 bridgehead atoms. The van der Waals surface area contributed by atoms with Gasteiger partial charge in [0.1, 0.15) is 11.5 Å². The van der Waals surface area contributed by atoms with Gasteiger partial charge in [0, 0.05) is 40.1 Å². The number of methoxy groups -OCH3 is 1. The number of hydrogen-bond donors (Lipinski definition) is 0. The fourth-order valence-electron chi connectivity index (χ4n) is 3.40. The average Bonchev–Trinajstić information content (AvgIpc) is 3.17. The van der Waals surface area contributed by atoms with Gasteiger partial charge in [-0.2, -0.15) is 0 Å². The van der Waals surface area contributed by atoms with Crippen molar-refractivity contribution in [1.29, 1.82) is 0 Å². The SMILES string of the molecule is COc1ccc(Cl)cc1CN(C)CC(=O)c1cc(C)n(-c2cc(C)on2)c1C. The van der Waals surface area contributed by atoms with E-state index in [-0.39, 0.29) is 12.3 Å². The molecule has 0 aliphatic heterocycles. The van der Waals surface area contributed by atoms with Crippen LogP contribution in [0.25, 0.3) is 5.82 Å². The van der Waals surface area contributed by atoms with Gasteiger partial charge in [-0.1, -0.05) is 16.8 Å². The maximum atomic E-state index is 12.9. The van der Waals surface area contributed by atoms with Crippen molar-refractivity contribution in [3.05, 3.63) is 63.6 Å². The van der Waals surface area contributed by atoms with Gasteiger partial charge in [-0.3, -0.25) is 14.3 Å². The third-order valence-electron chi connectivity index (χ3n) is 4.67. The molecule has 0 aliphatic carbocycles. The zero-order valence-electron chi connectivity index (χ0n) is 16.7. The van der Waals surface area contributed by atoms with Crippen molar-refractivity contribution < 1.29 is 14.1 Å². The number of nitrogens with zero attached hydrogens (tertiary/aromatic N) is 3. The summed E-state index contributed by atoms with van der Waals surface area (Å²) in [6.45, 7) is 6.54. The number of halogens is 1. The van der Waals surface area contributed by atoms with Crippen LogP contribution < -0.4 is 4.74 Å². The summed E-state index contributed by atoms with van der Waals surface area (Å²) in [6, 6.07) is 9.23. The van der Waals surface area contributed by atoms with Crippen molar-refractivity contribution in [2.75, 3.05) is 20.7 Å². The Kier molecular flexibility index (Phi) is 5.91. The second-order valence-corrected chi connectivity index (χ2v) is 7.40. The molecule has 0 saturated carbocycles. The maximum absolute atomic E-state index is 12.9. The van der Waals surface area contributed by atoms with E-state index in [0.717, 1.165) is 28.5 Å². The Bertz CT molecular complexity index is 1010. The molecule has 0 unspecified atom stereocenters. The van der Waals surface area contributed by atoms with Gasteiger partial charge < -0.3 is 9.26 Å². The van der Waals surface area contributed by atoms with Crippen LogP contribution in [0.3, 0.4) is 0 Å². The molecule has 0 amide bonds. The largest absolute Gasteiger partial charge is 0.496 e. The van der Waals surface area contributed by atoms with Gasteiger partial charge in [0.05, 0.1) is 13.7 Å². The number of aromatic nitrogens is 2. The second-order valence-electron chi connectivity index (χ2n) is 6.97. The number of Topliss-reactive ketones (excluding diaryl/α,β-unsaturated/α-hetero) is 1. The van der Waals surface area contributed by atoms with Crippen molar-refractivity contribution in [3.63, 3.8) is 0 Å². The Hall–Kier alpha value is -2.57. The van der Waals surface area contributed by atoms with E-state index in [4.69, 9.17) is 20.9 Å². The molecule has 0 N–H and O–H groups in total. The molecule has 0 atom stereocenters. The molecule has 7 heteroatoms.